The number of aliphatic hydroxyl groups is 1. The van der Waals surface area contributed by atoms with Gasteiger partial charge in [0.05, 0.1) is 6.10 Å². The molecule has 1 aliphatic heterocycles. The molecule has 4 rings (SSSR count). The zero-order valence-corrected chi connectivity index (χ0v) is 16.1. The van der Waals surface area contributed by atoms with E-state index < -0.39 is 0 Å². The van der Waals surface area contributed by atoms with Gasteiger partial charge in [0, 0.05) is 34.4 Å². The van der Waals surface area contributed by atoms with Crippen LogP contribution in [0.4, 0.5) is 5.69 Å². The molecule has 2 aliphatic rings. The quantitative estimate of drug-likeness (QED) is 0.735. The van der Waals surface area contributed by atoms with Crippen LogP contribution in [0.15, 0.2) is 36.4 Å². The molecule has 0 bridgehead atoms. The lowest BCUT2D eigenvalue weighted by Gasteiger charge is -2.26. The predicted octanol–water partition coefficient (Wildman–Crippen LogP) is 4.40. The van der Waals surface area contributed by atoms with E-state index >= 15 is 0 Å². The van der Waals surface area contributed by atoms with E-state index in [1.165, 1.54) is 11.3 Å². The molecule has 142 valence electrons. The summed E-state index contributed by atoms with van der Waals surface area (Å²) in [5.41, 5.74) is 5.03. The van der Waals surface area contributed by atoms with Crippen molar-refractivity contribution in [2.24, 2.45) is 0 Å². The maximum Gasteiger partial charge on any atom is 0.251 e. The minimum Gasteiger partial charge on any atom is -0.393 e. The number of aryl methyl sites for hydroxylation is 1. The van der Waals surface area contributed by atoms with Crippen LogP contribution >= 0.6 is 11.6 Å². The Balaban J connectivity index is 1.55. The van der Waals surface area contributed by atoms with Gasteiger partial charge in [0.25, 0.3) is 5.91 Å². The largest absolute Gasteiger partial charge is 0.393 e. The Morgan fingerprint density at radius 1 is 1.11 bits per heavy atom. The molecule has 0 unspecified atom stereocenters. The maximum atomic E-state index is 12.7. The standard InChI is InChI=1S/C22H25ClN2O2/c23-20-9-3-16(22(27)25-17-5-7-18(26)8-6-17)13-19(20)14-4-10-21-15(12-14)2-1-11-24-21/h3-4,9-10,12-13,17-18,24,26H,1-2,5-8,11H2,(H,25,27). The fourth-order valence-electron chi connectivity index (χ4n) is 4.02. The molecule has 0 atom stereocenters. The monoisotopic (exact) mass is 384 g/mol. The second-order valence-corrected chi connectivity index (χ2v) is 7.98. The number of rotatable bonds is 3. The van der Waals surface area contributed by atoms with E-state index in [0.717, 1.165) is 56.2 Å². The van der Waals surface area contributed by atoms with Gasteiger partial charge in [0.1, 0.15) is 0 Å². The summed E-state index contributed by atoms with van der Waals surface area (Å²) in [6.45, 7) is 1.01. The molecule has 1 aliphatic carbocycles. The van der Waals surface area contributed by atoms with Crippen LogP contribution < -0.4 is 10.6 Å². The van der Waals surface area contributed by atoms with E-state index in [9.17, 15) is 9.90 Å². The molecule has 0 aromatic heterocycles. The lowest BCUT2D eigenvalue weighted by Crippen LogP contribution is -2.38. The number of benzene rings is 2. The molecule has 2 aromatic carbocycles. The number of carbonyl (C=O) groups is 1. The average Bonchev–Trinajstić information content (AvgIpc) is 2.69. The van der Waals surface area contributed by atoms with Crippen LogP contribution in [0.25, 0.3) is 11.1 Å². The van der Waals surface area contributed by atoms with E-state index in [1.54, 1.807) is 12.1 Å². The fourth-order valence-corrected chi connectivity index (χ4v) is 4.25. The summed E-state index contributed by atoms with van der Waals surface area (Å²) in [5.74, 6) is -0.0751. The highest BCUT2D eigenvalue weighted by Gasteiger charge is 2.22. The van der Waals surface area contributed by atoms with Gasteiger partial charge in [-0.1, -0.05) is 17.7 Å². The van der Waals surface area contributed by atoms with Gasteiger partial charge in [-0.2, -0.15) is 0 Å². The number of hydrogen-bond donors (Lipinski definition) is 3. The minimum atomic E-state index is -0.223. The van der Waals surface area contributed by atoms with E-state index in [0.29, 0.717) is 10.6 Å². The van der Waals surface area contributed by atoms with Crippen LogP contribution in [0.1, 0.15) is 48.0 Å². The molecule has 0 saturated heterocycles. The van der Waals surface area contributed by atoms with Crippen LogP contribution in [0.3, 0.4) is 0 Å². The first-order valence-corrected chi connectivity index (χ1v) is 10.1. The molecule has 3 N–H and O–H groups in total. The summed E-state index contributed by atoms with van der Waals surface area (Å²) in [6, 6.07) is 11.9. The average molecular weight is 385 g/mol. The van der Waals surface area contributed by atoms with Gasteiger partial charge in [-0.3, -0.25) is 4.79 Å². The number of halogens is 1. The molecule has 1 fully saturated rings. The summed E-state index contributed by atoms with van der Waals surface area (Å²) >= 11 is 6.45. The Kier molecular flexibility index (Phi) is 5.37. The molecule has 1 amide bonds. The number of carbonyl (C=O) groups excluding carboxylic acids is 1. The molecule has 1 heterocycles. The summed E-state index contributed by atoms with van der Waals surface area (Å²) in [5, 5.41) is 16.8. The molecule has 1 saturated carbocycles. The molecule has 0 spiro atoms. The summed E-state index contributed by atoms with van der Waals surface area (Å²) < 4.78 is 0. The first kappa shape index (κ1) is 18.3. The zero-order valence-electron chi connectivity index (χ0n) is 15.3. The Bertz CT molecular complexity index is 844. The van der Waals surface area contributed by atoms with Gasteiger partial charge < -0.3 is 15.7 Å². The van der Waals surface area contributed by atoms with E-state index in [-0.39, 0.29) is 18.1 Å². The second-order valence-electron chi connectivity index (χ2n) is 7.58. The Morgan fingerprint density at radius 3 is 2.74 bits per heavy atom. The zero-order chi connectivity index (χ0) is 18.8. The second kappa shape index (κ2) is 7.91. The number of nitrogens with one attached hydrogen (secondary N) is 2. The van der Waals surface area contributed by atoms with Crippen molar-refractivity contribution < 1.29 is 9.90 Å². The van der Waals surface area contributed by atoms with Gasteiger partial charge in [-0.25, -0.2) is 0 Å². The molecule has 0 radical (unpaired) electrons. The van der Waals surface area contributed by atoms with Crippen LogP contribution in [-0.2, 0) is 6.42 Å². The first-order valence-electron chi connectivity index (χ1n) is 9.76. The van der Waals surface area contributed by atoms with Crippen molar-refractivity contribution in [2.45, 2.75) is 50.7 Å². The summed E-state index contributed by atoms with van der Waals surface area (Å²) in [6.07, 6.45) is 5.11. The third-order valence-corrected chi connectivity index (χ3v) is 5.94. The predicted molar refractivity (Wildman–Crippen MR) is 109 cm³/mol. The highest BCUT2D eigenvalue weighted by atomic mass is 35.5. The van der Waals surface area contributed by atoms with Crippen LogP contribution in [0.5, 0.6) is 0 Å². The number of anilines is 1. The number of hydrogen-bond acceptors (Lipinski definition) is 3. The molecule has 5 heteroatoms. The smallest absolute Gasteiger partial charge is 0.251 e. The fraction of sp³-hybridized carbons (Fsp3) is 0.409. The third-order valence-electron chi connectivity index (χ3n) is 5.62. The Morgan fingerprint density at radius 2 is 1.93 bits per heavy atom. The lowest BCUT2D eigenvalue weighted by atomic mass is 9.92. The molecular weight excluding hydrogens is 360 g/mol. The molecule has 27 heavy (non-hydrogen) atoms. The van der Waals surface area contributed by atoms with E-state index in [2.05, 4.69) is 28.8 Å². The Hall–Kier alpha value is -2.04. The van der Waals surface area contributed by atoms with Gasteiger partial charge in [-0.05, 0) is 80.0 Å². The summed E-state index contributed by atoms with van der Waals surface area (Å²) in [4.78, 5) is 12.7. The molecule has 4 nitrogen and oxygen atoms in total. The van der Waals surface area contributed by atoms with Crippen LogP contribution in [0.2, 0.25) is 5.02 Å². The van der Waals surface area contributed by atoms with Gasteiger partial charge in [0.2, 0.25) is 0 Å². The number of aliphatic hydroxyl groups excluding tert-OH is 1. The van der Waals surface area contributed by atoms with Crippen molar-refractivity contribution in [1.82, 2.24) is 5.32 Å². The van der Waals surface area contributed by atoms with Crippen molar-refractivity contribution in [3.8, 4) is 11.1 Å². The first-order chi connectivity index (χ1) is 13.1. The third kappa shape index (κ3) is 4.12. The summed E-state index contributed by atoms with van der Waals surface area (Å²) in [7, 11) is 0. The Labute approximate surface area is 164 Å². The van der Waals surface area contributed by atoms with Crippen molar-refractivity contribution >= 4 is 23.2 Å². The maximum absolute atomic E-state index is 12.7. The van der Waals surface area contributed by atoms with Gasteiger partial charge in [-0.15, -0.1) is 0 Å². The van der Waals surface area contributed by atoms with E-state index in [1.807, 2.05) is 6.07 Å². The van der Waals surface area contributed by atoms with Gasteiger partial charge in [0.15, 0.2) is 0 Å². The lowest BCUT2D eigenvalue weighted by molar-refractivity contribution is 0.0867. The van der Waals surface area contributed by atoms with Crippen molar-refractivity contribution in [2.75, 3.05) is 11.9 Å². The number of amides is 1. The SMILES string of the molecule is O=C(NC1CCC(O)CC1)c1ccc(Cl)c(-c2ccc3c(c2)CCCN3)c1. The number of fused-ring (bicyclic) bond motifs is 1. The highest BCUT2D eigenvalue weighted by Crippen LogP contribution is 2.33. The molecular formula is C22H25ClN2O2. The minimum absolute atomic E-state index is 0.0751. The van der Waals surface area contributed by atoms with Crippen LogP contribution in [0, 0.1) is 0 Å². The van der Waals surface area contributed by atoms with Crippen molar-refractivity contribution in [3.63, 3.8) is 0 Å². The molecule has 2 aromatic rings. The van der Waals surface area contributed by atoms with E-state index in [4.69, 9.17) is 11.6 Å². The normalized spacial score (nSPS) is 21.9. The van der Waals surface area contributed by atoms with Crippen molar-refractivity contribution in [1.29, 1.82) is 0 Å². The topological polar surface area (TPSA) is 61.4 Å². The van der Waals surface area contributed by atoms with Gasteiger partial charge >= 0.3 is 0 Å². The van der Waals surface area contributed by atoms with Crippen molar-refractivity contribution in [3.05, 3.63) is 52.5 Å². The van der Waals surface area contributed by atoms with Crippen LogP contribution in [-0.4, -0.2) is 29.7 Å². The highest BCUT2D eigenvalue weighted by molar-refractivity contribution is 6.33.